The number of nitrogens with zero attached hydrogens (tertiary/aromatic N) is 3. The lowest BCUT2D eigenvalue weighted by Crippen LogP contribution is -2.62. The second-order valence-corrected chi connectivity index (χ2v) is 17.6. The Morgan fingerprint density at radius 3 is 2.37 bits per heavy atom. The summed E-state index contributed by atoms with van der Waals surface area (Å²) in [6, 6.07) is 11.2. The number of hydrogen-bond donors (Lipinski definition) is 4. The summed E-state index contributed by atoms with van der Waals surface area (Å²) in [4.78, 5) is 34.1. The molecule has 2 unspecified atom stereocenters. The van der Waals surface area contributed by atoms with Gasteiger partial charge >= 0.3 is 0 Å². The number of aliphatic hydroxyl groups is 2. The van der Waals surface area contributed by atoms with Crippen molar-refractivity contribution in [2.45, 2.75) is 97.7 Å². The Morgan fingerprint density at radius 1 is 1.08 bits per heavy atom. The minimum Gasteiger partial charge on any atom is -0.496 e. The van der Waals surface area contributed by atoms with E-state index in [1.54, 1.807) is 14.0 Å². The van der Waals surface area contributed by atoms with Crippen molar-refractivity contribution in [3.8, 4) is 16.9 Å². The summed E-state index contributed by atoms with van der Waals surface area (Å²) in [5.74, 6) is 1.76. The van der Waals surface area contributed by atoms with Gasteiger partial charge in [-0.2, -0.15) is 0 Å². The highest BCUT2D eigenvalue weighted by molar-refractivity contribution is 5.97. The number of fused-ring (bicyclic) bond motifs is 2. The SMILES string of the molecule is COc1c(CN2C[C@H](O)[C@@H]([C@H](C)O)C2C(=O)NC2C[C@H]3C[C@@H]([C@@H]2C)C3(C)C)cccc1-c1cc(C(=O)N[C@@H](CC(C)C)CN(C)C)cc(N(C)C)c1. The van der Waals surface area contributed by atoms with Crippen LogP contribution in [0.2, 0.25) is 0 Å². The Balaban J connectivity index is 1.43. The van der Waals surface area contributed by atoms with Gasteiger partial charge in [-0.05, 0) is 93.1 Å². The molecule has 4 aliphatic rings. The second kappa shape index (κ2) is 16.0. The molecule has 9 atom stereocenters. The third kappa shape index (κ3) is 8.30. The van der Waals surface area contributed by atoms with Crippen molar-refractivity contribution in [2.24, 2.45) is 35.0 Å². The normalized spacial score (nSPS) is 27.9. The number of carbonyl (C=O) groups is 2. The van der Waals surface area contributed by atoms with Crippen LogP contribution in [0.4, 0.5) is 5.69 Å². The number of β-amino-alcohol motifs (C(OH)–C–C–N with tert-alkyl or cyclic N) is 1. The molecular weight excluding hydrogens is 654 g/mol. The Kier molecular flexibility index (Phi) is 12.3. The second-order valence-electron chi connectivity index (χ2n) is 17.6. The first kappa shape index (κ1) is 40.0. The molecule has 1 aliphatic heterocycles. The van der Waals surface area contributed by atoms with Crippen LogP contribution < -0.4 is 20.3 Å². The standard InChI is InChI=1S/C42H65N5O5/c1-24(2)15-31(22-45(7)8)43-40(50)29-16-28(17-32(18-29)46(9)10)33-14-12-13-27(39(33)52-11)21-47-23-36(49)37(26(4)48)38(47)41(51)44-35-20-30-19-34(25(35)3)42(30,5)6/h12-14,16-18,24-26,30-31,34-38,48-49H,15,19-23H2,1-11H3,(H,43,50)(H,44,51)/t25-,26-,30+,31-,34-,35?,36-,37+,38?/m0/s1. The van der Waals surface area contributed by atoms with E-state index < -0.39 is 24.2 Å². The molecule has 4 N–H and O–H groups in total. The van der Waals surface area contributed by atoms with Gasteiger partial charge in [0, 0.05) is 74.1 Å². The fraction of sp³-hybridized carbons (Fsp3) is 0.667. The number of hydrogen-bond acceptors (Lipinski definition) is 8. The van der Waals surface area contributed by atoms with Crippen LogP contribution in [-0.2, 0) is 11.3 Å². The Labute approximate surface area is 312 Å². The van der Waals surface area contributed by atoms with Crippen LogP contribution in [0.25, 0.3) is 11.1 Å². The number of likely N-dealkylation sites (N-methyl/N-ethyl adjacent to an activating group) is 1. The number of carbonyl (C=O) groups excluding carboxylic acids is 2. The van der Waals surface area contributed by atoms with Gasteiger partial charge in [-0.15, -0.1) is 0 Å². The third-order valence-electron chi connectivity index (χ3n) is 12.5. The first-order valence-corrected chi connectivity index (χ1v) is 19.3. The first-order chi connectivity index (χ1) is 24.4. The van der Waals surface area contributed by atoms with Crippen LogP contribution in [-0.4, -0.2) is 111 Å². The van der Waals surface area contributed by atoms with Crippen LogP contribution in [0.5, 0.6) is 5.75 Å². The number of amides is 2. The molecule has 6 rings (SSSR count). The van der Waals surface area contributed by atoms with Crippen LogP contribution in [0.1, 0.15) is 76.7 Å². The van der Waals surface area contributed by atoms with Gasteiger partial charge in [-0.1, -0.05) is 52.8 Å². The average Bonchev–Trinajstić information content (AvgIpc) is 3.39. The number of methoxy groups -OCH3 is 1. The number of para-hydroxylation sites is 1. The maximum absolute atomic E-state index is 14.2. The Bertz CT molecular complexity index is 1560. The Morgan fingerprint density at radius 2 is 1.79 bits per heavy atom. The van der Waals surface area contributed by atoms with Gasteiger partial charge in [0.15, 0.2) is 0 Å². The number of ether oxygens (including phenoxy) is 1. The van der Waals surface area contributed by atoms with Gasteiger partial charge in [0.2, 0.25) is 5.91 Å². The molecule has 1 heterocycles. The fourth-order valence-corrected chi connectivity index (χ4v) is 9.64. The van der Waals surface area contributed by atoms with E-state index in [9.17, 15) is 19.8 Å². The van der Waals surface area contributed by atoms with Gasteiger partial charge in [-0.3, -0.25) is 14.5 Å². The molecule has 288 valence electrons. The molecule has 3 saturated carbocycles. The number of nitrogens with one attached hydrogen (secondary N) is 2. The van der Waals surface area contributed by atoms with Crippen molar-refractivity contribution in [1.29, 1.82) is 0 Å². The molecule has 4 fully saturated rings. The summed E-state index contributed by atoms with van der Waals surface area (Å²) >= 11 is 0. The largest absolute Gasteiger partial charge is 0.496 e. The number of rotatable bonds is 14. The van der Waals surface area contributed by atoms with Gasteiger partial charge in [0.1, 0.15) is 5.75 Å². The van der Waals surface area contributed by atoms with Crippen LogP contribution >= 0.6 is 0 Å². The molecule has 0 spiro atoms. The highest BCUT2D eigenvalue weighted by Gasteiger charge is 2.57. The summed E-state index contributed by atoms with van der Waals surface area (Å²) in [5, 5.41) is 28.7. The van der Waals surface area contributed by atoms with Gasteiger partial charge in [0.25, 0.3) is 5.91 Å². The molecular formula is C42H65N5O5. The number of likely N-dealkylation sites (tertiary alicyclic amines) is 1. The predicted molar refractivity (Wildman–Crippen MR) is 208 cm³/mol. The maximum Gasteiger partial charge on any atom is 0.251 e. The molecule has 10 nitrogen and oxygen atoms in total. The van der Waals surface area contributed by atoms with Crippen molar-refractivity contribution in [2.75, 3.05) is 53.3 Å². The van der Waals surface area contributed by atoms with E-state index in [-0.39, 0.29) is 30.4 Å². The minimum absolute atomic E-state index is 0.0112. The van der Waals surface area contributed by atoms with Crippen LogP contribution in [0, 0.1) is 35.0 Å². The lowest BCUT2D eigenvalue weighted by Gasteiger charge is -2.62. The average molecular weight is 720 g/mol. The van der Waals surface area contributed by atoms with Crippen molar-refractivity contribution in [3.05, 3.63) is 47.5 Å². The van der Waals surface area contributed by atoms with E-state index in [1.165, 1.54) is 6.42 Å². The summed E-state index contributed by atoms with van der Waals surface area (Å²) in [7, 11) is 9.60. The lowest BCUT2D eigenvalue weighted by atomic mass is 9.45. The summed E-state index contributed by atoms with van der Waals surface area (Å²) in [5.41, 5.74) is 4.29. The molecule has 1 saturated heterocycles. The van der Waals surface area contributed by atoms with E-state index in [0.29, 0.717) is 46.9 Å². The van der Waals surface area contributed by atoms with Crippen molar-refractivity contribution >= 4 is 17.5 Å². The van der Waals surface area contributed by atoms with E-state index in [0.717, 1.165) is 41.8 Å². The van der Waals surface area contributed by atoms with Gasteiger partial charge < -0.3 is 35.4 Å². The van der Waals surface area contributed by atoms with Crippen molar-refractivity contribution < 1.29 is 24.5 Å². The molecule has 3 aliphatic carbocycles. The minimum atomic E-state index is -0.865. The zero-order valence-corrected chi connectivity index (χ0v) is 33.4. The summed E-state index contributed by atoms with van der Waals surface area (Å²) in [6.45, 7) is 14.3. The summed E-state index contributed by atoms with van der Waals surface area (Å²) < 4.78 is 6.10. The van der Waals surface area contributed by atoms with E-state index in [2.05, 4.69) is 56.2 Å². The number of anilines is 1. The van der Waals surface area contributed by atoms with E-state index in [4.69, 9.17) is 4.74 Å². The number of aliphatic hydroxyl groups excluding tert-OH is 2. The lowest BCUT2D eigenvalue weighted by molar-refractivity contribution is -0.139. The quantitative estimate of drug-likeness (QED) is 0.219. The summed E-state index contributed by atoms with van der Waals surface area (Å²) in [6.07, 6.45) is 1.34. The predicted octanol–water partition coefficient (Wildman–Crippen LogP) is 4.86. The zero-order chi connectivity index (χ0) is 38.2. The van der Waals surface area contributed by atoms with E-state index >= 15 is 0 Å². The smallest absolute Gasteiger partial charge is 0.251 e. The van der Waals surface area contributed by atoms with Gasteiger partial charge in [-0.25, -0.2) is 0 Å². The highest BCUT2D eigenvalue weighted by Crippen LogP contribution is 2.61. The molecule has 2 aromatic carbocycles. The third-order valence-corrected chi connectivity index (χ3v) is 12.5. The monoisotopic (exact) mass is 719 g/mol. The molecule has 0 radical (unpaired) electrons. The van der Waals surface area contributed by atoms with Crippen LogP contribution in [0.15, 0.2) is 36.4 Å². The highest BCUT2D eigenvalue weighted by atomic mass is 16.5. The maximum atomic E-state index is 14.2. The zero-order valence-electron chi connectivity index (χ0n) is 33.4. The topological polar surface area (TPSA) is 118 Å². The van der Waals surface area contributed by atoms with Crippen molar-refractivity contribution in [1.82, 2.24) is 20.4 Å². The number of benzene rings is 2. The molecule has 2 aromatic rings. The van der Waals surface area contributed by atoms with Crippen molar-refractivity contribution in [3.63, 3.8) is 0 Å². The molecule has 2 amide bonds. The molecule has 0 aromatic heterocycles. The molecule has 2 bridgehead atoms. The molecule has 10 heteroatoms. The Hall–Kier alpha value is -3.18. The molecule has 52 heavy (non-hydrogen) atoms. The van der Waals surface area contributed by atoms with Gasteiger partial charge in [0.05, 0.1) is 25.4 Å². The van der Waals surface area contributed by atoms with Crippen LogP contribution in [0.3, 0.4) is 0 Å². The fourth-order valence-electron chi connectivity index (χ4n) is 9.64. The van der Waals surface area contributed by atoms with E-state index in [1.807, 2.05) is 68.3 Å². The first-order valence-electron chi connectivity index (χ1n) is 19.3.